The van der Waals surface area contributed by atoms with Crippen molar-refractivity contribution in [2.24, 2.45) is 0 Å². The summed E-state index contributed by atoms with van der Waals surface area (Å²) in [4.78, 5) is 6.50. The number of rotatable bonds is 6. The van der Waals surface area contributed by atoms with Gasteiger partial charge in [-0.2, -0.15) is 0 Å². The Morgan fingerprint density at radius 1 is 1.14 bits per heavy atom. The second-order valence-corrected chi connectivity index (χ2v) is 5.40. The fourth-order valence-electron chi connectivity index (χ4n) is 2.19. The lowest BCUT2D eigenvalue weighted by Gasteiger charge is -2.10. The van der Waals surface area contributed by atoms with Gasteiger partial charge in [0.15, 0.2) is 5.65 Å². The van der Waals surface area contributed by atoms with Crippen LogP contribution in [0.5, 0.6) is 5.88 Å². The zero-order valence-corrected chi connectivity index (χ0v) is 12.8. The summed E-state index contributed by atoms with van der Waals surface area (Å²) in [6.45, 7) is 1.69. The molecule has 0 fully saturated rings. The number of hydrogen-bond acceptors (Lipinski definition) is 5. The van der Waals surface area contributed by atoms with E-state index in [-0.39, 0.29) is 0 Å². The van der Waals surface area contributed by atoms with Crippen LogP contribution in [0.4, 0.5) is 0 Å². The molecule has 22 heavy (non-hydrogen) atoms. The molecule has 3 aromatic rings. The summed E-state index contributed by atoms with van der Waals surface area (Å²) in [6, 6.07) is 7.87. The molecule has 0 aliphatic carbocycles. The van der Waals surface area contributed by atoms with E-state index >= 15 is 0 Å². The van der Waals surface area contributed by atoms with Crippen LogP contribution in [0.1, 0.15) is 6.42 Å². The van der Waals surface area contributed by atoms with E-state index in [1.54, 1.807) is 6.33 Å². The Labute approximate surface area is 129 Å². The number of pyridine rings is 2. The third kappa shape index (κ3) is 3.40. The van der Waals surface area contributed by atoms with Crippen molar-refractivity contribution >= 4 is 5.65 Å². The summed E-state index contributed by atoms with van der Waals surface area (Å²) in [5.74, 6) is 0.660. The highest BCUT2D eigenvalue weighted by molar-refractivity contribution is 5.63. The minimum absolute atomic E-state index is 0.660. The van der Waals surface area contributed by atoms with Gasteiger partial charge in [-0.25, -0.2) is 4.98 Å². The van der Waals surface area contributed by atoms with E-state index in [0.717, 1.165) is 29.7 Å². The van der Waals surface area contributed by atoms with Crippen LogP contribution in [0.25, 0.3) is 16.8 Å². The van der Waals surface area contributed by atoms with Crippen LogP contribution in [-0.2, 0) is 0 Å². The molecule has 6 heteroatoms. The van der Waals surface area contributed by atoms with Gasteiger partial charge in [0.1, 0.15) is 6.33 Å². The first-order valence-corrected chi connectivity index (χ1v) is 7.26. The lowest BCUT2D eigenvalue weighted by molar-refractivity contribution is 0.273. The van der Waals surface area contributed by atoms with Crippen LogP contribution in [0, 0.1) is 0 Å². The number of ether oxygens (including phenoxy) is 1. The molecule has 3 rings (SSSR count). The zero-order chi connectivity index (χ0) is 15.4. The summed E-state index contributed by atoms with van der Waals surface area (Å²) in [6.07, 6.45) is 6.49. The van der Waals surface area contributed by atoms with Gasteiger partial charge >= 0.3 is 0 Å². The molecular formula is C16H19N5O. The van der Waals surface area contributed by atoms with Crippen molar-refractivity contribution in [1.82, 2.24) is 24.5 Å². The van der Waals surface area contributed by atoms with Crippen LogP contribution >= 0.6 is 0 Å². The van der Waals surface area contributed by atoms with Crippen molar-refractivity contribution in [3.63, 3.8) is 0 Å². The van der Waals surface area contributed by atoms with E-state index in [2.05, 4.69) is 34.2 Å². The van der Waals surface area contributed by atoms with Crippen molar-refractivity contribution in [3.05, 3.63) is 43.0 Å². The molecule has 114 valence electrons. The summed E-state index contributed by atoms with van der Waals surface area (Å²) in [7, 11) is 4.11. The molecular weight excluding hydrogens is 278 g/mol. The molecule has 0 aliphatic heterocycles. The van der Waals surface area contributed by atoms with Crippen LogP contribution in [0.2, 0.25) is 0 Å². The van der Waals surface area contributed by atoms with E-state index in [9.17, 15) is 0 Å². The van der Waals surface area contributed by atoms with Gasteiger partial charge in [-0.3, -0.25) is 4.40 Å². The Bertz CT molecular complexity index is 736. The molecule has 0 spiro atoms. The van der Waals surface area contributed by atoms with Crippen LogP contribution in [0.3, 0.4) is 0 Å². The first-order valence-electron chi connectivity index (χ1n) is 7.26. The molecule has 0 N–H and O–H groups in total. The van der Waals surface area contributed by atoms with E-state index in [1.807, 2.05) is 41.1 Å². The van der Waals surface area contributed by atoms with Gasteiger partial charge < -0.3 is 9.64 Å². The van der Waals surface area contributed by atoms with Gasteiger partial charge in [-0.05, 0) is 38.7 Å². The maximum absolute atomic E-state index is 5.64. The predicted octanol–water partition coefficient (Wildman–Crippen LogP) is 2.12. The molecule has 0 bridgehead atoms. The molecule has 0 radical (unpaired) electrons. The van der Waals surface area contributed by atoms with Gasteiger partial charge in [0.2, 0.25) is 5.88 Å². The van der Waals surface area contributed by atoms with Gasteiger partial charge in [0, 0.05) is 36.1 Å². The number of nitrogens with zero attached hydrogens (tertiary/aromatic N) is 5. The lowest BCUT2D eigenvalue weighted by atomic mass is 10.1. The van der Waals surface area contributed by atoms with Crippen LogP contribution < -0.4 is 4.74 Å². The Hall–Kier alpha value is -2.47. The minimum atomic E-state index is 0.660. The fraction of sp³-hybridized carbons (Fsp3) is 0.312. The second-order valence-electron chi connectivity index (χ2n) is 5.40. The average molecular weight is 297 g/mol. The SMILES string of the molecule is CN(C)CCCOc1ccc(-c2ccc3nncn3c2)cn1. The van der Waals surface area contributed by atoms with E-state index in [1.165, 1.54) is 0 Å². The van der Waals surface area contributed by atoms with Gasteiger partial charge in [-0.15, -0.1) is 10.2 Å². The molecule has 6 nitrogen and oxygen atoms in total. The minimum Gasteiger partial charge on any atom is -0.478 e. The summed E-state index contributed by atoms with van der Waals surface area (Å²) in [5, 5.41) is 7.87. The summed E-state index contributed by atoms with van der Waals surface area (Å²) >= 11 is 0. The fourth-order valence-corrected chi connectivity index (χ4v) is 2.19. The van der Waals surface area contributed by atoms with Crippen molar-refractivity contribution in [1.29, 1.82) is 0 Å². The molecule has 0 aliphatic rings. The summed E-state index contributed by atoms with van der Waals surface area (Å²) < 4.78 is 7.53. The number of aromatic nitrogens is 4. The highest BCUT2D eigenvalue weighted by Gasteiger charge is 2.02. The van der Waals surface area contributed by atoms with Crippen LogP contribution in [-0.4, -0.2) is 51.7 Å². The molecule has 3 heterocycles. The molecule has 0 unspecified atom stereocenters. The van der Waals surface area contributed by atoms with E-state index in [0.29, 0.717) is 12.5 Å². The number of hydrogen-bond donors (Lipinski definition) is 0. The molecule has 0 saturated heterocycles. The monoisotopic (exact) mass is 297 g/mol. The van der Waals surface area contributed by atoms with E-state index in [4.69, 9.17) is 4.74 Å². The maximum atomic E-state index is 5.64. The average Bonchev–Trinajstić information content (AvgIpc) is 2.99. The van der Waals surface area contributed by atoms with Crippen molar-refractivity contribution in [2.75, 3.05) is 27.2 Å². The lowest BCUT2D eigenvalue weighted by Crippen LogP contribution is -2.15. The summed E-state index contributed by atoms with van der Waals surface area (Å²) in [5.41, 5.74) is 2.94. The van der Waals surface area contributed by atoms with E-state index < -0.39 is 0 Å². The molecule has 0 amide bonds. The van der Waals surface area contributed by atoms with Gasteiger partial charge in [0.05, 0.1) is 6.61 Å². The second kappa shape index (κ2) is 6.53. The van der Waals surface area contributed by atoms with Crippen molar-refractivity contribution < 1.29 is 4.74 Å². The molecule has 0 aromatic carbocycles. The largest absolute Gasteiger partial charge is 0.478 e. The Morgan fingerprint density at radius 3 is 2.77 bits per heavy atom. The van der Waals surface area contributed by atoms with Gasteiger partial charge in [-0.1, -0.05) is 0 Å². The Morgan fingerprint density at radius 2 is 2.00 bits per heavy atom. The topological polar surface area (TPSA) is 55.5 Å². The highest BCUT2D eigenvalue weighted by atomic mass is 16.5. The molecule has 3 aromatic heterocycles. The molecule has 0 atom stereocenters. The highest BCUT2D eigenvalue weighted by Crippen LogP contribution is 2.20. The Balaban J connectivity index is 1.65. The first-order chi connectivity index (χ1) is 10.7. The predicted molar refractivity (Wildman–Crippen MR) is 84.9 cm³/mol. The zero-order valence-electron chi connectivity index (χ0n) is 12.8. The standard InChI is InChI=1S/C16H19N5O/c1-20(2)8-3-9-22-16-7-5-13(10-17-16)14-4-6-15-19-18-12-21(15)11-14/h4-7,10-12H,3,8-9H2,1-2H3. The maximum Gasteiger partial charge on any atom is 0.213 e. The third-order valence-corrected chi connectivity index (χ3v) is 3.36. The van der Waals surface area contributed by atoms with Crippen molar-refractivity contribution in [2.45, 2.75) is 6.42 Å². The van der Waals surface area contributed by atoms with Crippen LogP contribution in [0.15, 0.2) is 43.0 Å². The van der Waals surface area contributed by atoms with Crippen molar-refractivity contribution in [3.8, 4) is 17.0 Å². The molecule has 0 saturated carbocycles. The Kier molecular flexibility index (Phi) is 4.29. The number of fused-ring (bicyclic) bond motifs is 1. The van der Waals surface area contributed by atoms with Gasteiger partial charge in [0.25, 0.3) is 0 Å². The third-order valence-electron chi connectivity index (χ3n) is 3.36. The smallest absolute Gasteiger partial charge is 0.213 e. The normalized spacial score (nSPS) is 11.2. The quantitative estimate of drug-likeness (QED) is 0.652. The first kappa shape index (κ1) is 14.5.